The average molecular weight is 293 g/mol. The lowest BCUT2D eigenvalue weighted by Gasteiger charge is -2.21. The first-order chi connectivity index (χ1) is 9.30. The Bertz CT molecular complexity index is 593. The summed E-state index contributed by atoms with van der Waals surface area (Å²) in [6.07, 6.45) is 0. The van der Waals surface area contributed by atoms with Crippen molar-refractivity contribution >= 4 is 21.4 Å². The molecule has 1 aromatic carbocycles. The molecule has 0 aliphatic carbocycles. The lowest BCUT2D eigenvalue weighted by molar-refractivity contribution is 0.543. The maximum absolute atomic E-state index is 14.0. The van der Waals surface area contributed by atoms with Crippen molar-refractivity contribution in [1.29, 1.82) is 0 Å². The van der Waals surface area contributed by atoms with E-state index >= 15 is 0 Å². The molecule has 0 radical (unpaired) electrons. The summed E-state index contributed by atoms with van der Waals surface area (Å²) in [5, 5.41) is 4.56. The molecule has 0 spiro atoms. The van der Waals surface area contributed by atoms with Crippen molar-refractivity contribution < 1.29 is 4.39 Å². The van der Waals surface area contributed by atoms with E-state index in [1.165, 1.54) is 10.4 Å². The van der Waals surface area contributed by atoms with Gasteiger partial charge in [-0.15, -0.1) is 11.3 Å². The molecule has 0 saturated carbocycles. The lowest BCUT2D eigenvalue weighted by atomic mass is 9.85. The second-order valence-electron chi connectivity index (χ2n) is 6.79. The van der Waals surface area contributed by atoms with Crippen molar-refractivity contribution in [3.63, 3.8) is 0 Å². The van der Waals surface area contributed by atoms with Crippen molar-refractivity contribution in [3.05, 3.63) is 34.5 Å². The molecule has 110 valence electrons. The van der Waals surface area contributed by atoms with Crippen molar-refractivity contribution in [3.8, 4) is 0 Å². The Morgan fingerprint density at radius 2 is 1.95 bits per heavy atom. The molecule has 0 bridgehead atoms. The lowest BCUT2D eigenvalue weighted by Crippen LogP contribution is -2.21. The number of hydrogen-bond acceptors (Lipinski definition) is 2. The van der Waals surface area contributed by atoms with Gasteiger partial charge in [0.15, 0.2) is 0 Å². The van der Waals surface area contributed by atoms with E-state index in [4.69, 9.17) is 0 Å². The fourth-order valence-corrected chi connectivity index (χ4v) is 3.94. The second kappa shape index (κ2) is 5.82. The van der Waals surface area contributed by atoms with Gasteiger partial charge >= 0.3 is 0 Å². The Labute approximate surface area is 125 Å². The minimum Gasteiger partial charge on any atom is -0.312 e. The van der Waals surface area contributed by atoms with Crippen molar-refractivity contribution in [2.45, 2.75) is 46.6 Å². The molecule has 0 aliphatic rings. The number of halogens is 1. The highest BCUT2D eigenvalue weighted by Crippen LogP contribution is 2.40. The zero-order valence-corrected chi connectivity index (χ0v) is 13.8. The van der Waals surface area contributed by atoms with E-state index in [0.717, 1.165) is 23.2 Å². The minimum atomic E-state index is -0.104. The van der Waals surface area contributed by atoms with Gasteiger partial charge in [0.1, 0.15) is 5.82 Å². The van der Waals surface area contributed by atoms with Crippen LogP contribution in [0.3, 0.4) is 0 Å². The van der Waals surface area contributed by atoms with Gasteiger partial charge in [0.2, 0.25) is 0 Å². The molecule has 0 saturated heterocycles. The van der Waals surface area contributed by atoms with Crippen LogP contribution in [-0.4, -0.2) is 6.54 Å². The minimum absolute atomic E-state index is 0.0287. The Balaban J connectivity index is 2.44. The third-order valence-electron chi connectivity index (χ3n) is 3.33. The van der Waals surface area contributed by atoms with Crippen LogP contribution in [0.4, 0.5) is 4.39 Å². The summed E-state index contributed by atoms with van der Waals surface area (Å²) in [7, 11) is 0. The van der Waals surface area contributed by atoms with Crippen LogP contribution in [0.2, 0.25) is 0 Å². The maximum Gasteiger partial charge on any atom is 0.141 e. The molecule has 2 rings (SSSR count). The molecule has 20 heavy (non-hydrogen) atoms. The van der Waals surface area contributed by atoms with Crippen LogP contribution >= 0.6 is 11.3 Å². The van der Waals surface area contributed by atoms with Gasteiger partial charge in [-0.3, -0.25) is 0 Å². The first-order valence-corrected chi connectivity index (χ1v) is 8.03. The normalized spacial score (nSPS) is 12.6. The van der Waals surface area contributed by atoms with Gasteiger partial charge in [0.25, 0.3) is 0 Å². The topological polar surface area (TPSA) is 12.0 Å². The van der Waals surface area contributed by atoms with E-state index in [1.807, 2.05) is 12.1 Å². The monoisotopic (exact) mass is 293 g/mol. The van der Waals surface area contributed by atoms with Crippen LogP contribution in [0, 0.1) is 11.7 Å². The Morgan fingerprint density at radius 1 is 1.25 bits per heavy atom. The first-order valence-electron chi connectivity index (χ1n) is 7.21. The third-order valence-corrected chi connectivity index (χ3v) is 4.54. The van der Waals surface area contributed by atoms with Gasteiger partial charge < -0.3 is 5.32 Å². The van der Waals surface area contributed by atoms with E-state index in [0.29, 0.717) is 5.92 Å². The summed E-state index contributed by atoms with van der Waals surface area (Å²) in [6, 6.07) is 5.41. The van der Waals surface area contributed by atoms with Crippen LogP contribution in [0.1, 0.15) is 45.1 Å². The predicted octanol–water partition coefficient (Wildman–Crippen LogP) is 5.08. The summed E-state index contributed by atoms with van der Waals surface area (Å²) in [4.78, 5) is 1.26. The van der Waals surface area contributed by atoms with E-state index in [9.17, 15) is 4.39 Å². The maximum atomic E-state index is 14.0. The zero-order chi connectivity index (χ0) is 14.9. The van der Waals surface area contributed by atoms with Crippen LogP contribution in [0.25, 0.3) is 10.1 Å². The molecule has 0 amide bonds. The summed E-state index contributed by atoms with van der Waals surface area (Å²) in [6.45, 7) is 12.8. The van der Waals surface area contributed by atoms with Crippen molar-refractivity contribution in [2.24, 2.45) is 5.92 Å². The van der Waals surface area contributed by atoms with Crippen molar-refractivity contribution in [1.82, 2.24) is 5.32 Å². The molecule has 0 atom stereocenters. The molecule has 1 aromatic heterocycles. The van der Waals surface area contributed by atoms with Gasteiger partial charge in [-0.1, -0.05) is 46.8 Å². The molecule has 1 N–H and O–H groups in total. The summed E-state index contributed by atoms with van der Waals surface area (Å²) < 4.78 is 14.8. The predicted molar refractivity (Wildman–Crippen MR) is 87.0 cm³/mol. The molecule has 0 aliphatic heterocycles. The molecule has 1 nitrogen and oxygen atoms in total. The van der Waals surface area contributed by atoms with E-state index in [-0.39, 0.29) is 11.2 Å². The van der Waals surface area contributed by atoms with Crippen LogP contribution in [-0.2, 0) is 12.0 Å². The van der Waals surface area contributed by atoms with Crippen molar-refractivity contribution in [2.75, 3.05) is 6.54 Å². The van der Waals surface area contributed by atoms with Crippen LogP contribution in [0.5, 0.6) is 0 Å². The summed E-state index contributed by atoms with van der Waals surface area (Å²) in [5.74, 6) is 0.521. The fourth-order valence-electron chi connectivity index (χ4n) is 2.55. The van der Waals surface area contributed by atoms with Gasteiger partial charge in [-0.05, 0) is 34.9 Å². The van der Waals surface area contributed by atoms with Gasteiger partial charge in [0, 0.05) is 11.4 Å². The summed E-state index contributed by atoms with van der Waals surface area (Å²) in [5.41, 5.74) is 1.31. The molecular weight excluding hydrogens is 269 g/mol. The van der Waals surface area contributed by atoms with Crippen LogP contribution in [0.15, 0.2) is 18.2 Å². The number of hydrogen-bond donors (Lipinski definition) is 1. The molecule has 0 fully saturated rings. The number of fused-ring (bicyclic) bond motifs is 1. The number of nitrogens with one attached hydrogen (secondary N) is 1. The Hall–Kier alpha value is -0.930. The molecule has 2 aromatic rings. The number of rotatable bonds is 4. The number of benzene rings is 1. The van der Waals surface area contributed by atoms with Gasteiger partial charge in [-0.2, -0.15) is 0 Å². The van der Waals surface area contributed by atoms with E-state index in [2.05, 4.69) is 39.9 Å². The summed E-state index contributed by atoms with van der Waals surface area (Å²) >= 11 is 1.59. The zero-order valence-electron chi connectivity index (χ0n) is 13.0. The average Bonchev–Trinajstić information content (AvgIpc) is 2.68. The van der Waals surface area contributed by atoms with Crippen LogP contribution < -0.4 is 5.32 Å². The van der Waals surface area contributed by atoms with Gasteiger partial charge in [-0.25, -0.2) is 4.39 Å². The largest absolute Gasteiger partial charge is 0.312 e. The molecule has 0 unspecified atom stereocenters. The van der Waals surface area contributed by atoms with E-state index in [1.54, 1.807) is 17.4 Å². The Morgan fingerprint density at radius 3 is 2.55 bits per heavy atom. The molecule has 1 heterocycles. The third kappa shape index (κ3) is 3.21. The van der Waals surface area contributed by atoms with E-state index < -0.39 is 0 Å². The van der Waals surface area contributed by atoms with Gasteiger partial charge in [0.05, 0.1) is 4.70 Å². The second-order valence-corrected chi connectivity index (χ2v) is 7.90. The number of thiophene rings is 1. The fraction of sp³-hybridized carbons (Fsp3) is 0.529. The first kappa shape index (κ1) is 15.5. The quantitative estimate of drug-likeness (QED) is 0.828. The highest BCUT2D eigenvalue weighted by Gasteiger charge is 2.24. The highest BCUT2D eigenvalue weighted by atomic mass is 32.1. The Kier molecular flexibility index (Phi) is 4.50. The smallest absolute Gasteiger partial charge is 0.141 e. The molecular formula is C17H24FNS. The standard InChI is InChI=1S/C17H24FNS/c1-11(2)9-19-10-14-15(17(3,4)5)12-7-6-8-13(18)16(12)20-14/h6-8,11,19H,9-10H2,1-5H3. The molecule has 3 heteroatoms. The highest BCUT2D eigenvalue weighted by molar-refractivity contribution is 7.19. The SMILES string of the molecule is CC(C)CNCc1sc2c(F)cccc2c1C(C)(C)C.